The summed E-state index contributed by atoms with van der Waals surface area (Å²) in [6.07, 6.45) is 10.0. The first kappa shape index (κ1) is 13.6. The third kappa shape index (κ3) is 2.69. The van der Waals surface area contributed by atoms with Crippen molar-refractivity contribution >= 4 is 0 Å². The average Bonchev–Trinajstić information content (AvgIpc) is 3.30. The molecule has 2 heterocycles. The van der Waals surface area contributed by atoms with E-state index in [-0.39, 0.29) is 6.04 Å². The summed E-state index contributed by atoms with van der Waals surface area (Å²) in [5, 5.41) is 0. The van der Waals surface area contributed by atoms with Crippen LogP contribution in [0.1, 0.15) is 17.2 Å². The lowest BCUT2D eigenvalue weighted by molar-refractivity contribution is 0.676. The molecule has 0 N–H and O–H groups in total. The van der Waals surface area contributed by atoms with Crippen molar-refractivity contribution in [2.24, 2.45) is 0 Å². The summed E-state index contributed by atoms with van der Waals surface area (Å²) in [6, 6.07) is 23.2. The Balaban J connectivity index is 1.78. The van der Waals surface area contributed by atoms with Gasteiger partial charge in [-0.3, -0.25) is 0 Å². The summed E-state index contributed by atoms with van der Waals surface area (Å²) in [6.45, 7) is 0. The number of hydrogen-bond donors (Lipinski definition) is 0. The highest BCUT2D eigenvalue weighted by Crippen LogP contribution is 2.27. The Labute approximate surface area is 135 Å². The van der Waals surface area contributed by atoms with Gasteiger partial charge in [-0.05, 0) is 29.3 Å². The molecule has 0 unspecified atom stereocenters. The second kappa shape index (κ2) is 5.97. The summed E-state index contributed by atoms with van der Waals surface area (Å²) in [4.78, 5) is 4.22. The van der Waals surface area contributed by atoms with E-state index in [1.807, 2.05) is 30.9 Å². The molecule has 0 amide bonds. The molecule has 0 radical (unpaired) electrons. The lowest BCUT2D eigenvalue weighted by atomic mass is 10.0. The number of rotatable bonds is 4. The summed E-state index contributed by atoms with van der Waals surface area (Å²) in [5.41, 5.74) is 3.64. The summed E-state index contributed by atoms with van der Waals surface area (Å²) in [5.74, 6) is 0. The zero-order valence-electron chi connectivity index (χ0n) is 12.7. The molecule has 0 fully saturated rings. The molecule has 2 aromatic heterocycles. The molecule has 4 aromatic rings. The highest BCUT2D eigenvalue weighted by atomic mass is 15.1. The first-order valence-corrected chi connectivity index (χ1v) is 7.67. The Morgan fingerprint density at radius 3 is 2.17 bits per heavy atom. The monoisotopic (exact) mass is 299 g/mol. The Bertz CT molecular complexity index is 862. The summed E-state index contributed by atoms with van der Waals surface area (Å²) < 4.78 is 4.29. The first-order chi connectivity index (χ1) is 11.4. The molecule has 3 nitrogen and oxygen atoms in total. The van der Waals surface area contributed by atoms with Crippen LogP contribution in [0.25, 0.3) is 5.69 Å². The van der Waals surface area contributed by atoms with Gasteiger partial charge >= 0.3 is 0 Å². The fourth-order valence-corrected chi connectivity index (χ4v) is 2.93. The topological polar surface area (TPSA) is 22.8 Å². The summed E-state index contributed by atoms with van der Waals surface area (Å²) in [7, 11) is 0. The molecule has 0 aliphatic carbocycles. The van der Waals surface area contributed by atoms with Crippen LogP contribution in [0.3, 0.4) is 0 Å². The lowest BCUT2D eigenvalue weighted by Crippen LogP contribution is -2.09. The van der Waals surface area contributed by atoms with Gasteiger partial charge in [0.05, 0.1) is 12.4 Å². The predicted molar refractivity (Wildman–Crippen MR) is 91.7 cm³/mol. The van der Waals surface area contributed by atoms with Crippen LogP contribution in [0.15, 0.2) is 97.8 Å². The van der Waals surface area contributed by atoms with Crippen LogP contribution < -0.4 is 0 Å². The zero-order valence-corrected chi connectivity index (χ0v) is 12.7. The van der Waals surface area contributed by atoms with Crippen molar-refractivity contribution in [1.29, 1.82) is 0 Å². The van der Waals surface area contributed by atoms with Gasteiger partial charge in [-0.15, -0.1) is 0 Å². The zero-order chi connectivity index (χ0) is 15.5. The Morgan fingerprint density at radius 2 is 1.48 bits per heavy atom. The van der Waals surface area contributed by atoms with Crippen molar-refractivity contribution < 1.29 is 0 Å². The van der Waals surface area contributed by atoms with Crippen LogP contribution in [-0.4, -0.2) is 14.1 Å². The number of nitrogens with zero attached hydrogens (tertiary/aromatic N) is 3. The van der Waals surface area contributed by atoms with E-state index in [0.717, 1.165) is 5.69 Å². The maximum atomic E-state index is 4.22. The second-order valence-electron chi connectivity index (χ2n) is 5.51. The largest absolute Gasteiger partial charge is 0.326 e. The minimum absolute atomic E-state index is 0.128. The van der Waals surface area contributed by atoms with Gasteiger partial charge in [-0.1, -0.05) is 48.5 Å². The number of para-hydroxylation sites is 1. The molecular formula is C20H17N3. The lowest BCUT2D eigenvalue weighted by Gasteiger charge is -2.18. The quantitative estimate of drug-likeness (QED) is 0.550. The standard InChI is InChI=1S/C20H17N3/c1-3-7-17(8-4-1)20(23-14-12-21-16-23)18-11-13-22(15-18)19-9-5-2-6-10-19/h1-16,20H/t20-/m1/s1. The van der Waals surface area contributed by atoms with Crippen LogP contribution >= 0.6 is 0 Å². The van der Waals surface area contributed by atoms with Crippen molar-refractivity contribution in [1.82, 2.24) is 14.1 Å². The first-order valence-electron chi connectivity index (χ1n) is 7.67. The van der Waals surface area contributed by atoms with Crippen molar-refractivity contribution in [3.05, 3.63) is 109 Å². The molecule has 3 heteroatoms. The van der Waals surface area contributed by atoms with Gasteiger partial charge in [0.2, 0.25) is 0 Å². The molecule has 2 aromatic carbocycles. The van der Waals surface area contributed by atoms with Crippen molar-refractivity contribution in [3.8, 4) is 5.69 Å². The Hall–Kier alpha value is -3.07. The fourth-order valence-electron chi connectivity index (χ4n) is 2.93. The van der Waals surface area contributed by atoms with Gasteiger partial charge in [0.1, 0.15) is 0 Å². The van der Waals surface area contributed by atoms with Crippen LogP contribution in [0, 0.1) is 0 Å². The second-order valence-corrected chi connectivity index (χ2v) is 5.51. The van der Waals surface area contributed by atoms with Gasteiger partial charge in [-0.2, -0.15) is 0 Å². The van der Waals surface area contributed by atoms with E-state index >= 15 is 0 Å². The third-order valence-corrected chi connectivity index (χ3v) is 4.02. The maximum Gasteiger partial charge on any atom is 0.0954 e. The van der Waals surface area contributed by atoms with E-state index in [1.54, 1.807) is 0 Å². The number of imidazole rings is 1. The summed E-state index contributed by atoms with van der Waals surface area (Å²) >= 11 is 0. The van der Waals surface area contributed by atoms with Gasteiger partial charge in [0.25, 0.3) is 0 Å². The third-order valence-electron chi connectivity index (χ3n) is 4.02. The van der Waals surface area contributed by atoms with E-state index in [2.05, 4.69) is 81.1 Å². The minimum Gasteiger partial charge on any atom is -0.326 e. The molecule has 0 saturated carbocycles. The van der Waals surface area contributed by atoms with Gasteiger partial charge in [0, 0.05) is 30.5 Å². The minimum atomic E-state index is 0.128. The van der Waals surface area contributed by atoms with Crippen molar-refractivity contribution in [2.75, 3.05) is 0 Å². The Kier molecular flexibility index (Phi) is 3.53. The molecule has 0 saturated heterocycles. The molecule has 0 spiro atoms. The molecule has 0 aliphatic rings. The molecule has 1 atom stereocenters. The van der Waals surface area contributed by atoms with E-state index < -0.39 is 0 Å². The molecule has 112 valence electrons. The van der Waals surface area contributed by atoms with Crippen molar-refractivity contribution in [2.45, 2.75) is 6.04 Å². The normalized spacial score (nSPS) is 12.2. The molecule has 23 heavy (non-hydrogen) atoms. The van der Waals surface area contributed by atoms with Crippen molar-refractivity contribution in [3.63, 3.8) is 0 Å². The molecule has 0 bridgehead atoms. The smallest absolute Gasteiger partial charge is 0.0954 e. The SMILES string of the molecule is c1ccc([C@H](c2ccn(-c3ccccc3)c2)n2ccnc2)cc1. The van der Waals surface area contributed by atoms with Gasteiger partial charge in [-0.25, -0.2) is 4.98 Å². The average molecular weight is 299 g/mol. The molecule has 0 aliphatic heterocycles. The number of benzene rings is 2. The maximum absolute atomic E-state index is 4.22. The van der Waals surface area contributed by atoms with E-state index in [0.29, 0.717) is 0 Å². The highest BCUT2D eigenvalue weighted by molar-refractivity contribution is 5.37. The number of aromatic nitrogens is 3. The van der Waals surface area contributed by atoms with Crippen LogP contribution in [0.4, 0.5) is 0 Å². The number of hydrogen-bond acceptors (Lipinski definition) is 1. The van der Waals surface area contributed by atoms with Crippen LogP contribution in [0.2, 0.25) is 0 Å². The molecule has 4 rings (SSSR count). The van der Waals surface area contributed by atoms with Gasteiger partial charge < -0.3 is 9.13 Å². The van der Waals surface area contributed by atoms with E-state index in [1.165, 1.54) is 11.1 Å². The molecular weight excluding hydrogens is 282 g/mol. The van der Waals surface area contributed by atoms with Crippen LogP contribution in [-0.2, 0) is 0 Å². The fraction of sp³-hybridized carbons (Fsp3) is 0.0500. The van der Waals surface area contributed by atoms with E-state index in [9.17, 15) is 0 Å². The Morgan fingerprint density at radius 1 is 0.739 bits per heavy atom. The predicted octanol–water partition coefficient (Wildman–Crippen LogP) is 4.31. The van der Waals surface area contributed by atoms with Gasteiger partial charge in [0.15, 0.2) is 0 Å². The van der Waals surface area contributed by atoms with Crippen LogP contribution in [0.5, 0.6) is 0 Å². The van der Waals surface area contributed by atoms with E-state index in [4.69, 9.17) is 0 Å². The highest BCUT2D eigenvalue weighted by Gasteiger charge is 2.16.